The van der Waals surface area contributed by atoms with Crippen molar-refractivity contribution in [3.63, 3.8) is 0 Å². The fraction of sp³-hybridized carbons (Fsp3) is 0.400. The highest BCUT2D eigenvalue weighted by molar-refractivity contribution is 5.72. The van der Waals surface area contributed by atoms with Gasteiger partial charge in [0.2, 0.25) is 0 Å². The molecule has 2 N–H and O–H groups in total. The van der Waals surface area contributed by atoms with E-state index in [4.69, 9.17) is 15.5 Å². The first-order valence-electron chi connectivity index (χ1n) is 6.71. The summed E-state index contributed by atoms with van der Waals surface area (Å²) in [5.41, 5.74) is 8.17. The van der Waals surface area contributed by atoms with Crippen molar-refractivity contribution in [2.24, 2.45) is 0 Å². The third-order valence-electron chi connectivity index (χ3n) is 3.84. The van der Waals surface area contributed by atoms with Gasteiger partial charge < -0.3 is 15.0 Å². The molecule has 19 heavy (non-hydrogen) atoms. The fourth-order valence-corrected chi connectivity index (χ4v) is 2.76. The van der Waals surface area contributed by atoms with Gasteiger partial charge in [-0.15, -0.1) is 0 Å². The molecular weight excluding hydrogens is 238 g/mol. The van der Waals surface area contributed by atoms with Crippen LogP contribution in [0, 0.1) is 0 Å². The van der Waals surface area contributed by atoms with Gasteiger partial charge in [0.15, 0.2) is 0 Å². The van der Waals surface area contributed by atoms with Gasteiger partial charge in [-0.1, -0.05) is 19.1 Å². The molecule has 1 unspecified atom stereocenters. The Hall–Kier alpha value is -1.97. The van der Waals surface area contributed by atoms with Gasteiger partial charge in [-0.05, 0) is 25.0 Å². The second-order valence-electron chi connectivity index (χ2n) is 5.13. The van der Waals surface area contributed by atoms with Crippen LogP contribution >= 0.6 is 0 Å². The third-order valence-corrected chi connectivity index (χ3v) is 3.84. The van der Waals surface area contributed by atoms with Crippen LogP contribution in [0.4, 0.5) is 5.82 Å². The smallest absolute Gasteiger partial charge is 0.131 e. The lowest BCUT2D eigenvalue weighted by molar-refractivity contribution is 0.415. The number of imidazole rings is 1. The van der Waals surface area contributed by atoms with E-state index in [2.05, 4.69) is 11.5 Å². The van der Waals surface area contributed by atoms with Crippen molar-refractivity contribution in [1.29, 1.82) is 0 Å². The third kappa shape index (κ3) is 1.97. The number of nitrogens with two attached hydrogens (primary N) is 1. The summed E-state index contributed by atoms with van der Waals surface area (Å²) >= 11 is 0. The predicted octanol–water partition coefficient (Wildman–Crippen LogP) is 3.04. The summed E-state index contributed by atoms with van der Waals surface area (Å²) in [5.74, 6) is 3.20. The van der Waals surface area contributed by atoms with Crippen LogP contribution < -0.4 is 10.5 Å². The van der Waals surface area contributed by atoms with Gasteiger partial charge in [-0.25, -0.2) is 4.98 Å². The summed E-state index contributed by atoms with van der Waals surface area (Å²) < 4.78 is 7.42. The van der Waals surface area contributed by atoms with Crippen LogP contribution in [-0.4, -0.2) is 16.7 Å². The number of fused-ring (bicyclic) bond motifs is 1. The largest absolute Gasteiger partial charge is 0.497 e. The van der Waals surface area contributed by atoms with E-state index in [-0.39, 0.29) is 0 Å². The van der Waals surface area contributed by atoms with E-state index < -0.39 is 0 Å². The lowest BCUT2D eigenvalue weighted by Gasteiger charge is -2.20. The van der Waals surface area contributed by atoms with Crippen molar-refractivity contribution < 1.29 is 4.74 Å². The Morgan fingerprint density at radius 2 is 2.26 bits per heavy atom. The molecule has 0 fully saturated rings. The molecule has 0 bridgehead atoms. The zero-order valence-electron chi connectivity index (χ0n) is 11.4. The van der Waals surface area contributed by atoms with Gasteiger partial charge in [0.1, 0.15) is 23.1 Å². The molecular formula is C15H19N3O. The minimum Gasteiger partial charge on any atom is -0.497 e. The molecule has 4 nitrogen and oxygen atoms in total. The first-order valence-corrected chi connectivity index (χ1v) is 6.71. The predicted molar refractivity (Wildman–Crippen MR) is 76.3 cm³/mol. The molecule has 0 aliphatic carbocycles. The molecule has 0 radical (unpaired) electrons. The Kier molecular flexibility index (Phi) is 2.93. The Labute approximate surface area is 113 Å². The minimum absolute atomic E-state index is 0.482. The first kappa shape index (κ1) is 12.1. The van der Waals surface area contributed by atoms with Gasteiger partial charge in [-0.2, -0.15) is 0 Å². The summed E-state index contributed by atoms with van der Waals surface area (Å²) in [6.07, 6.45) is 2.36. The number of ether oxygens (including phenoxy) is 1. The molecule has 0 amide bonds. The molecule has 1 atom stereocenters. The van der Waals surface area contributed by atoms with Crippen molar-refractivity contribution >= 4 is 5.82 Å². The van der Waals surface area contributed by atoms with E-state index in [1.54, 1.807) is 7.11 Å². The first-order chi connectivity index (χ1) is 9.20. The van der Waals surface area contributed by atoms with Crippen molar-refractivity contribution in [3.05, 3.63) is 30.1 Å². The highest BCUT2D eigenvalue weighted by Crippen LogP contribution is 2.35. The summed E-state index contributed by atoms with van der Waals surface area (Å²) in [5, 5.41) is 0. The van der Waals surface area contributed by atoms with Gasteiger partial charge >= 0.3 is 0 Å². The van der Waals surface area contributed by atoms with E-state index in [0.717, 1.165) is 35.2 Å². The van der Waals surface area contributed by atoms with Gasteiger partial charge in [0.05, 0.1) is 7.11 Å². The molecule has 0 saturated carbocycles. The van der Waals surface area contributed by atoms with Crippen molar-refractivity contribution in [3.8, 4) is 17.0 Å². The van der Waals surface area contributed by atoms with Crippen LogP contribution in [0.2, 0.25) is 0 Å². The number of aromatic nitrogens is 2. The number of hydrogen-bond acceptors (Lipinski definition) is 3. The second kappa shape index (κ2) is 4.61. The molecule has 1 aliphatic rings. The summed E-state index contributed by atoms with van der Waals surface area (Å²) in [4.78, 5) is 4.76. The Balaban J connectivity index is 2.10. The Bertz CT molecular complexity index is 603. The maximum absolute atomic E-state index is 6.27. The molecule has 1 aromatic heterocycles. The van der Waals surface area contributed by atoms with Crippen LogP contribution in [0.3, 0.4) is 0 Å². The number of rotatable bonds is 2. The standard InChI is InChI=1S/C15H19N3O/c1-10-5-4-8-18-14(16)13(17-15(10)18)11-6-3-7-12(9-11)19-2/h3,6-7,9-10H,4-5,8,16H2,1-2H3. The van der Waals surface area contributed by atoms with Crippen LogP contribution in [0.5, 0.6) is 5.75 Å². The number of benzene rings is 1. The van der Waals surface area contributed by atoms with Crippen LogP contribution in [-0.2, 0) is 6.54 Å². The molecule has 2 aromatic rings. The lowest BCUT2D eigenvalue weighted by atomic mass is 10.0. The maximum atomic E-state index is 6.27. The van der Waals surface area contributed by atoms with Gasteiger partial charge in [0, 0.05) is 18.0 Å². The average Bonchev–Trinajstić information content (AvgIpc) is 2.78. The number of hydrogen-bond donors (Lipinski definition) is 1. The summed E-state index contributed by atoms with van der Waals surface area (Å²) in [6, 6.07) is 7.90. The number of nitrogens with zero attached hydrogens (tertiary/aromatic N) is 2. The zero-order chi connectivity index (χ0) is 13.4. The maximum Gasteiger partial charge on any atom is 0.131 e. The second-order valence-corrected chi connectivity index (χ2v) is 5.13. The van der Waals surface area contributed by atoms with E-state index in [0.29, 0.717) is 5.92 Å². The van der Waals surface area contributed by atoms with Crippen LogP contribution in [0.25, 0.3) is 11.3 Å². The Morgan fingerprint density at radius 1 is 1.42 bits per heavy atom. The molecule has 2 heterocycles. The molecule has 4 heteroatoms. The molecule has 1 aliphatic heterocycles. The van der Waals surface area contributed by atoms with Crippen LogP contribution in [0.15, 0.2) is 24.3 Å². The van der Waals surface area contributed by atoms with Gasteiger partial charge in [0.25, 0.3) is 0 Å². The number of anilines is 1. The molecule has 0 saturated heterocycles. The average molecular weight is 257 g/mol. The minimum atomic E-state index is 0.482. The van der Waals surface area contributed by atoms with E-state index in [1.807, 2.05) is 24.3 Å². The Morgan fingerprint density at radius 3 is 3.00 bits per heavy atom. The van der Waals surface area contributed by atoms with Crippen molar-refractivity contribution in [1.82, 2.24) is 9.55 Å². The lowest BCUT2D eigenvalue weighted by Crippen LogP contribution is -2.15. The van der Waals surface area contributed by atoms with Gasteiger partial charge in [-0.3, -0.25) is 0 Å². The normalized spacial score (nSPS) is 18.1. The molecule has 100 valence electrons. The van der Waals surface area contributed by atoms with E-state index in [1.165, 1.54) is 12.8 Å². The van der Waals surface area contributed by atoms with E-state index in [9.17, 15) is 0 Å². The summed E-state index contributed by atoms with van der Waals surface area (Å²) in [6.45, 7) is 3.19. The highest BCUT2D eigenvalue weighted by Gasteiger charge is 2.23. The topological polar surface area (TPSA) is 53.1 Å². The molecule has 0 spiro atoms. The van der Waals surface area contributed by atoms with Crippen LogP contribution in [0.1, 0.15) is 31.5 Å². The number of nitrogen functional groups attached to an aromatic ring is 1. The number of methoxy groups -OCH3 is 1. The monoisotopic (exact) mass is 257 g/mol. The highest BCUT2D eigenvalue weighted by atomic mass is 16.5. The van der Waals surface area contributed by atoms with E-state index >= 15 is 0 Å². The summed E-state index contributed by atoms with van der Waals surface area (Å²) in [7, 11) is 1.67. The molecule has 1 aromatic carbocycles. The SMILES string of the molecule is COc1cccc(-c2nc3n(c2N)CCCC3C)c1. The zero-order valence-corrected chi connectivity index (χ0v) is 11.4. The van der Waals surface area contributed by atoms with Crippen molar-refractivity contribution in [2.75, 3.05) is 12.8 Å². The quantitative estimate of drug-likeness (QED) is 0.899. The molecule has 3 rings (SSSR count). The van der Waals surface area contributed by atoms with Crippen molar-refractivity contribution in [2.45, 2.75) is 32.2 Å². The fourth-order valence-electron chi connectivity index (χ4n) is 2.76.